The summed E-state index contributed by atoms with van der Waals surface area (Å²) >= 11 is 0. The Hall–Kier alpha value is -0.130. The average Bonchev–Trinajstić information content (AvgIpc) is 1.61. The largest absolute Gasteiger partial charge is 0.0850 e. The van der Waals surface area contributed by atoms with Crippen LogP contribution in [0.2, 0.25) is 0 Å². The minimum absolute atomic E-state index is 1.06. The monoisotopic (exact) mass is 84.1 g/mol. The van der Waals surface area contributed by atoms with Gasteiger partial charge in [0.05, 0.1) is 13.3 Å². The third-order valence-corrected chi connectivity index (χ3v) is 0.750. The molecule has 0 aliphatic rings. The lowest BCUT2D eigenvalue weighted by atomic mass is 10.2. The van der Waals surface area contributed by atoms with Crippen LogP contribution in [0.1, 0.15) is 25.7 Å². The highest BCUT2D eigenvalue weighted by Gasteiger charge is 1.80. The number of rotatable bonds is 3. The van der Waals surface area contributed by atoms with Crippen molar-refractivity contribution in [1.82, 2.24) is 0 Å². The highest BCUT2D eigenvalue weighted by molar-refractivity contribution is 4.43. The Labute approximate surface area is 40.6 Å². The molecule has 1 radical (unpaired) electrons. The van der Waals surface area contributed by atoms with E-state index < -0.39 is 0 Å². The van der Waals surface area contributed by atoms with Gasteiger partial charge in [0.2, 0.25) is 0 Å². The molecule has 0 spiro atoms. The maximum Gasteiger partial charge on any atom is 0.0850 e. The molecule has 0 aromatic heterocycles. The van der Waals surface area contributed by atoms with E-state index in [1.807, 2.05) is 0 Å². The van der Waals surface area contributed by atoms with Gasteiger partial charge in [0, 0.05) is 0 Å². The van der Waals surface area contributed by atoms with E-state index in [-0.39, 0.29) is 0 Å². The molecule has 0 saturated heterocycles. The Morgan fingerprint density at radius 3 is 2.17 bits per heavy atom. The molecule has 0 aliphatic carbocycles. The zero-order chi connectivity index (χ0) is 4.83. The smallest absolute Gasteiger partial charge is 0.0533 e. The predicted molar refractivity (Wildman–Crippen MR) is 29.2 cm³/mol. The second-order valence-corrected chi connectivity index (χ2v) is 1.41. The fraction of sp³-hybridized carbons (Fsp3) is 0.667. The molecule has 0 aliphatic heterocycles. The predicted octanol–water partition coefficient (Wildman–Crippen LogP) is 2.21. The van der Waals surface area contributed by atoms with Crippen molar-refractivity contribution in [1.29, 1.82) is 0 Å². The minimum atomic E-state index is 1.06. The highest BCUT2D eigenvalue weighted by Crippen LogP contribution is 1.94. The van der Waals surface area contributed by atoms with Gasteiger partial charge in [-0.1, -0.05) is 13.3 Å². The van der Waals surface area contributed by atoms with Crippen LogP contribution in [0.15, 0.2) is 0 Å². The number of unbranched alkanes of at least 4 members (excludes halogenated alkanes) is 3. The maximum atomic E-state index is 3.70. The van der Waals surface area contributed by atoms with E-state index in [1.165, 1.54) is 12.8 Å². The van der Waals surface area contributed by atoms with Gasteiger partial charge in [0.25, 0.3) is 0 Å². The summed E-state index contributed by atoms with van der Waals surface area (Å²) < 4.78 is 0. The number of hydrogen-bond acceptors (Lipinski definition) is 0. The summed E-state index contributed by atoms with van der Waals surface area (Å²) in [7, 11) is 0. The average molecular weight is 84.2 g/mol. The second-order valence-electron chi connectivity index (χ2n) is 1.41. The summed E-state index contributed by atoms with van der Waals surface area (Å²) in [6, 6.07) is 0. The van der Waals surface area contributed by atoms with Crippen LogP contribution in [0.25, 0.3) is 0 Å². The van der Waals surface area contributed by atoms with Crippen molar-refractivity contribution in [2.75, 3.05) is 0 Å². The van der Waals surface area contributed by atoms with Gasteiger partial charge < -0.3 is 0 Å². The summed E-state index contributed by atoms with van der Waals surface area (Å²) in [5, 5.41) is 0. The minimum Gasteiger partial charge on any atom is -0.0533 e. The Kier molecular flexibility index (Phi) is 4.76. The van der Waals surface area contributed by atoms with E-state index in [4.69, 9.17) is 0 Å². The van der Waals surface area contributed by atoms with Crippen molar-refractivity contribution in [3.8, 4) is 0 Å². The molecule has 0 amide bonds. The molecule has 0 aromatic rings. The first-order valence-electron chi connectivity index (χ1n) is 2.50. The second kappa shape index (κ2) is 4.87. The van der Waals surface area contributed by atoms with Crippen LogP contribution >= 0.6 is 0 Å². The lowest BCUT2D eigenvalue weighted by molar-refractivity contribution is 0.759. The van der Waals surface area contributed by atoms with Gasteiger partial charge in [-0.05, 0) is 12.8 Å². The van der Waals surface area contributed by atoms with E-state index in [9.17, 15) is 0 Å². The summed E-state index contributed by atoms with van der Waals surface area (Å²) in [6.45, 7) is 7.39. The van der Waals surface area contributed by atoms with Crippen molar-refractivity contribution in [3.05, 3.63) is 13.8 Å². The number of hydrogen-bond donors (Lipinski definition) is 0. The fourth-order valence-electron chi connectivity index (χ4n) is 0.354. The lowest BCUT2D eigenvalue weighted by Gasteiger charge is -1.82. The quantitative estimate of drug-likeness (QED) is 0.363. The Bertz CT molecular complexity index is 12.0. The van der Waals surface area contributed by atoms with Crippen molar-refractivity contribution in [3.63, 3.8) is 0 Å². The summed E-state index contributed by atoms with van der Waals surface area (Å²) in [4.78, 5) is 0. The molecule has 0 aromatic carbocycles. The molecule has 0 N–H and O–H groups in total. The van der Waals surface area contributed by atoms with Crippen molar-refractivity contribution < 1.29 is 0 Å². The van der Waals surface area contributed by atoms with Crippen LogP contribution in [0.3, 0.4) is 0 Å². The molecular formula is C6H12+. The summed E-state index contributed by atoms with van der Waals surface area (Å²) in [6.07, 6.45) is 4.61. The molecule has 0 fully saturated rings. The first kappa shape index (κ1) is 5.87. The first-order valence-corrected chi connectivity index (χ1v) is 2.50. The van der Waals surface area contributed by atoms with Crippen LogP contribution in [0.4, 0.5) is 0 Å². The van der Waals surface area contributed by atoms with E-state index in [0.717, 1.165) is 12.8 Å². The molecule has 0 nitrogen and oxygen atoms in total. The van der Waals surface area contributed by atoms with Gasteiger partial charge >= 0.3 is 0 Å². The maximum absolute atomic E-state index is 3.70. The molecule has 0 unspecified atom stereocenters. The summed E-state index contributed by atoms with van der Waals surface area (Å²) in [5.41, 5.74) is 0. The van der Waals surface area contributed by atoms with Crippen LogP contribution in [-0.2, 0) is 0 Å². The third-order valence-electron chi connectivity index (χ3n) is 0.750. The highest BCUT2D eigenvalue weighted by atomic mass is 13.8. The molecule has 0 heteroatoms. The topological polar surface area (TPSA) is 0 Å². The van der Waals surface area contributed by atoms with Gasteiger partial charge in [-0.15, -0.1) is 0 Å². The molecular weight excluding hydrogens is 72.1 g/mol. The standard InChI is InChI=1S/C6H12/c1-3-5-6-4-2/h1-6H2/q+1. The molecule has 0 atom stereocenters. The van der Waals surface area contributed by atoms with E-state index in [0.29, 0.717) is 0 Å². The lowest BCUT2D eigenvalue weighted by Crippen LogP contribution is -1.66. The van der Waals surface area contributed by atoms with Crippen LogP contribution in [-0.4, -0.2) is 0 Å². The van der Waals surface area contributed by atoms with Gasteiger partial charge in [-0.2, -0.15) is 0 Å². The third kappa shape index (κ3) is 3.87. The van der Waals surface area contributed by atoms with E-state index >= 15 is 0 Å². The van der Waals surface area contributed by atoms with Gasteiger partial charge in [0.1, 0.15) is 0 Å². The Morgan fingerprint density at radius 1 is 1.33 bits per heavy atom. The van der Waals surface area contributed by atoms with Gasteiger partial charge in [-0.25, -0.2) is 0 Å². The van der Waals surface area contributed by atoms with Crippen molar-refractivity contribution >= 4 is 0 Å². The zero-order valence-corrected chi connectivity index (χ0v) is 4.24. The van der Waals surface area contributed by atoms with Crippen molar-refractivity contribution in [2.24, 2.45) is 0 Å². The Balaban J connectivity index is 2.34. The first-order chi connectivity index (χ1) is 2.91. The molecule has 0 rings (SSSR count). The molecule has 0 bridgehead atoms. The van der Waals surface area contributed by atoms with E-state index in [2.05, 4.69) is 13.8 Å². The normalized spacial score (nSPS) is 8.83. The molecule has 6 heavy (non-hydrogen) atoms. The van der Waals surface area contributed by atoms with Gasteiger partial charge in [-0.3, -0.25) is 0 Å². The van der Waals surface area contributed by atoms with Gasteiger partial charge in [0.15, 0.2) is 0 Å². The van der Waals surface area contributed by atoms with Crippen molar-refractivity contribution in [2.45, 2.75) is 25.7 Å². The van der Waals surface area contributed by atoms with Crippen LogP contribution in [0, 0.1) is 13.8 Å². The fourth-order valence-corrected chi connectivity index (χ4v) is 0.354. The zero-order valence-electron chi connectivity index (χ0n) is 4.24. The van der Waals surface area contributed by atoms with E-state index in [1.54, 1.807) is 0 Å². The van der Waals surface area contributed by atoms with Crippen LogP contribution < -0.4 is 0 Å². The van der Waals surface area contributed by atoms with Crippen LogP contribution in [0.5, 0.6) is 0 Å². The molecule has 0 saturated carbocycles. The summed E-state index contributed by atoms with van der Waals surface area (Å²) in [5.74, 6) is 0. The molecule has 0 heterocycles. The Morgan fingerprint density at radius 2 is 2.00 bits per heavy atom. The molecule has 35 valence electrons. The SMILES string of the molecule is [CH2]CCCC[CH2+].